The zero-order chi connectivity index (χ0) is 11.3. The lowest BCUT2D eigenvalue weighted by atomic mass is 10.4. The predicted octanol–water partition coefficient (Wildman–Crippen LogP) is 0.0808. The minimum Gasteiger partial charge on any atom is -0.348 e. The lowest BCUT2D eigenvalue weighted by molar-refractivity contribution is -0.127. The topological polar surface area (TPSA) is 50.2 Å². The van der Waals surface area contributed by atoms with Crippen LogP contribution in [0.2, 0.25) is 0 Å². The number of hydrogen-bond acceptors (Lipinski definition) is 3. The van der Waals surface area contributed by atoms with E-state index in [1.165, 1.54) is 0 Å². The Morgan fingerprint density at radius 2 is 2.33 bits per heavy atom. The summed E-state index contributed by atoms with van der Waals surface area (Å²) in [6, 6.07) is 1.95. The first kappa shape index (κ1) is 11.7. The molecule has 84 valence electrons. The van der Waals surface area contributed by atoms with Gasteiger partial charge in [0.15, 0.2) is 0 Å². The van der Waals surface area contributed by atoms with E-state index in [0.717, 1.165) is 12.2 Å². The second-order valence-electron chi connectivity index (χ2n) is 3.53. The second-order valence-corrected chi connectivity index (χ2v) is 3.53. The number of amides is 1. The molecular formula is C10H18N4O. The Bertz CT molecular complexity index is 319. The monoisotopic (exact) mass is 210 g/mol. The van der Waals surface area contributed by atoms with Crippen molar-refractivity contribution in [1.29, 1.82) is 0 Å². The summed E-state index contributed by atoms with van der Waals surface area (Å²) >= 11 is 0. The maximum Gasteiger partial charge on any atom is 0.236 e. The van der Waals surface area contributed by atoms with Crippen LogP contribution in [0.4, 0.5) is 0 Å². The van der Waals surface area contributed by atoms with E-state index in [0.29, 0.717) is 13.1 Å². The van der Waals surface area contributed by atoms with Crippen LogP contribution in [-0.2, 0) is 17.9 Å². The molecule has 0 aliphatic rings. The standard InChI is InChI=1S/C10H18N4O/c1-4-14-9(5-6-12-14)7-11-8-10(15)13(2)3/h5-6,11H,4,7-8H2,1-3H3. The molecule has 0 bridgehead atoms. The zero-order valence-electron chi connectivity index (χ0n) is 9.53. The molecule has 0 unspecified atom stereocenters. The molecule has 5 heteroatoms. The Morgan fingerprint density at radius 3 is 2.93 bits per heavy atom. The van der Waals surface area contributed by atoms with Crippen LogP contribution in [0.5, 0.6) is 0 Å². The Kier molecular flexibility index (Phi) is 4.30. The van der Waals surface area contributed by atoms with E-state index >= 15 is 0 Å². The van der Waals surface area contributed by atoms with Crippen LogP contribution in [0, 0.1) is 0 Å². The minimum absolute atomic E-state index is 0.0811. The van der Waals surface area contributed by atoms with Crippen molar-refractivity contribution in [1.82, 2.24) is 20.0 Å². The number of carbonyl (C=O) groups is 1. The summed E-state index contributed by atoms with van der Waals surface area (Å²) in [5.41, 5.74) is 1.10. The van der Waals surface area contributed by atoms with Crippen molar-refractivity contribution in [3.05, 3.63) is 18.0 Å². The SMILES string of the molecule is CCn1nccc1CNCC(=O)N(C)C. The molecule has 0 atom stereocenters. The maximum absolute atomic E-state index is 11.3. The average Bonchev–Trinajstić information content (AvgIpc) is 2.65. The summed E-state index contributed by atoms with van der Waals surface area (Å²) < 4.78 is 1.91. The molecule has 0 aliphatic carbocycles. The van der Waals surface area contributed by atoms with E-state index in [9.17, 15) is 4.79 Å². The van der Waals surface area contributed by atoms with E-state index in [-0.39, 0.29) is 5.91 Å². The lowest BCUT2D eigenvalue weighted by Crippen LogP contribution is -2.33. The van der Waals surface area contributed by atoms with Crippen LogP contribution in [0.25, 0.3) is 0 Å². The molecule has 0 saturated heterocycles. The van der Waals surface area contributed by atoms with Crippen LogP contribution in [0.3, 0.4) is 0 Å². The number of nitrogens with one attached hydrogen (secondary N) is 1. The van der Waals surface area contributed by atoms with Gasteiger partial charge < -0.3 is 10.2 Å². The van der Waals surface area contributed by atoms with Crippen molar-refractivity contribution in [3.8, 4) is 0 Å². The number of likely N-dealkylation sites (N-methyl/N-ethyl adjacent to an activating group) is 1. The molecule has 0 saturated carbocycles. The minimum atomic E-state index is 0.0811. The normalized spacial score (nSPS) is 10.3. The van der Waals surface area contributed by atoms with Crippen molar-refractivity contribution >= 4 is 5.91 Å². The first-order valence-electron chi connectivity index (χ1n) is 5.06. The maximum atomic E-state index is 11.3. The van der Waals surface area contributed by atoms with E-state index in [4.69, 9.17) is 0 Å². The van der Waals surface area contributed by atoms with Crippen molar-refractivity contribution < 1.29 is 4.79 Å². The van der Waals surface area contributed by atoms with E-state index < -0.39 is 0 Å². The molecule has 1 N–H and O–H groups in total. The Morgan fingerprint density at radius 1 is 1.60 bits per heavy atom. The smallest absolute Gasteiger partial charge is 0.236 e. The van der Waals surface area contributed by atoms with Gasteiger partial charge in [-0.2, -0.15) is 5.10 Å². The molecule has 5 nitrogen and oxygen atoms in total. The van der Waals surface area contributed by atoms with Crippen LogP contribution in [0.15, 0.2) is 12.3 Å². The third kappa shape index (κ3) is 3.36. The molecule has 15 heavy (non-hydrogen) atoms. The van der Waals surface area contributed by atoms with E-state index in [1.807, 2.05) is 17.7 Å². The van der Waals surface area contributed by atoms with Crippen molar-refractivity contribution in [2.24, 2.45) is 0 Å². The average molecular weight is 210 g/mol. The number of rotatable bonds is 5. The third-order valence-electron chi connectivity index (χ3n) is 2.19. The Hall–Kier alpha value is -1.36. The molecule has 0 aromatic carbocycles. The third-order valence-corrected chi connectivity index (χ3v) is 2.19. The number of hydrogen-bond donors (Lipinski definition) is 1. The second kappa shape index (κ2) is 5.50. The van der Waals surface area contributed by atoms with Crippen molar-refractivity contribution in [2.45, 2.75) is 20.0 Å². The Labute approximate surface area is 90.1 Å². The summed E-state index contributed by atoms with van der Waals surface area (Å²) in [6.45, 7) is 3.93. The van der Waals surface area contributed by atoms with Crippen LogP contribution in [-0.4, -0.2) is 41.2 Å². The summed E-state index contributed by atoms with van der Waals surface area (Å²) in [4.78, 5) is 12.8. The van der Waals surface area contributed by atoms with Gasteiger partial charge in [0.25, 0.3) is 0 Å². The van der Waals surface area contributed by atoms with Gasteiger partial charge in [-0.1, -0.05) is 0 Å². The molecule has 0 fully saturated rings. The lowest BCUT2D eigenvalue weighted by Gasteiger charge is -2.11. The Balaban J connectivity index is 2.35. The van der Waals surface area contributed by atoms with E-state index in [1.54, 1.807) is 25.2 Å². The van der Waals surface area contributed by atoms with Crippen LogP contribution in [0.1, 0.15) is 12.6 Å². The van der Waals surface area contributed by atoms with Gasteiger partial charge in [-0.15, -0.1) is 0 Å². The molecule has 0 spiro atoms. The molecule has 1 heterocycles. The number of nitrogens with zero attached hydrogens (tertiary/aromatic N) is 3. The van der Waals surface area contributed by atoms with Gasteiger partial charge in [0.1, 0.15) is 0 Å². The summed E-state index contributed by atoms with van der Waals surface area (Å²) in [7, 11) is 3.50. The van der Waals surface area contributed by atoms with Gasteiger partial charge in [0.2, 0.25) is 5.91 Å². The summed E-state index contributed by atoms with van der Waals surface area (Å²) in [5, 5.41) is 7.24. The fourth-order valence-corrected chi connectivity index (χ4v) is 1.25. The van der Waals surface area contributed by atoms with Gasteiger partial charge in [0.05, 0.1) is 12.2 Å². The van der Waals surface area contributed by atoms with E-state index in [2.05, 4.69) is 10.4 Å². The van der Waals surface area contributed by atoms with Gasteiger partial charge >= 0.3 is 0 Å². The molecule has 1 aromatic rings. The fraction of sp³-hybridized carbons (Fsp3) is 0.600. The summed E-state index contributed by atoms with van der Waals surface area (Å²) in [5.74, 6) is 0.0811. The van der Waals surface area contributed by atoms with Crippen molar-refractivity contribution in [3.63, 3.8) is 0 Å². The van der Waals surface area contributed by atoms with Gasteiger partial charge in [-0.25, -0.2) is 0 Å². The molecule has 1 amide bonds. The molecule has 0 aliphatic heterocycles. The molecule has 1 aromatic heterocycles. The highest BCUT2D eigenvalue weighted by molar-refractivity contribution is 5.77. The van der Waals surface area contributed by atoms with Crippen molar-refractivity contribution in [2.75, 3.05) is 20.6 Å². The predicted molar refractivity (Wildman–Crippen MR) is 58.3 cm³/mol. The number of aryl methyl sites for hydroxylation is 1. The fourth-order valence-electron chi connectivity index (χ4n) is 1.25. The van der Waals surface area contributed by atoms with Crippen LogP contribution >= 0.6 is 0 Å². The highest BCUT2D eigenvalue weighted by Crippen LogP contribution is 1.97. The first-order chi connectivity index (χ1) is 7.15. The van der Waals surface area contributed by atoms with Gasteiger partial charge in [0, 0.05) is 33.4 Å². The first-order valence-corrected chi connectivity index (χ1v) is 5.06. The largest absolute Gasteiger partial charge is 0.348 e. The number of aromatic nitrogens is 2. The highest BCUT2D eigenvalue weighted by Gasteiger charge is 2.04. The molecular weight excluding hydrogens is 192 g/mol. The summed E-state index contributed by atoms with van der Waals surface area (Å²) in [6.07, 6.45) is 1.77. The quantitative estimate of drug-likeness (QED) is 0.749. The highest BCUT2D eigenvalue weighted by atomic mass is 16.2. The van der Waals surface area contributed by atoms with Gasteiger partial charge in [-0.05, 0) is 13.0 Å². The molecule has 1 rings (SSSR count). The number of carbonyl (C=O) groups excluding carboxylic acids is 1. The molecule has 0 radical (unpaired) electrons. The van der Waals surface area contributed by atoms with Gasteiger partial charge in [-0.3, -0.25) is 9.48 Å². The van der Waals surface area contributed by atoms with Crippen LogP contribution < -0.4 is 5.32 Å². The zero-order valence-corrected chi connectivity index (χ0v) is 9.53.